The molecule has 0 amide bonds. The lowest BCUT2D eigenvalue weighted by Gasteiger charge is -2.24. The van der Waals surface area contributed by atoms with Crippen molar-refractivity contribution < 1.29 is 13.2 Å². The lowest BCUT2D eigenvalue weighted by Crippen LogP contribution is -2.34. The Morgan fingerprint density at radius 3 is 2.39 bits per heavy atom. The maximum absolute atomic E-state index is 12.4. The van der Waals surface area contributed by atoms with Crippen LogP contribution in [0.25, 0.3) is 0 Å². The van der Waals surface area contributed by atoms with E-state index >= 15 is 0 Å². The predicted molar refractivity (Wildman–Crippen MR) is 67.8 cm³/mol. The van der Waals surface area contributed by atoms with Crippen molar-refractivity contribution in [2.45, 2.75) is 32.9 Å². The van der Waals surface area contributed by atoms with Gasteiger partial charge >= 0.3 is 6.18 Å². The van der Waals surface area contributed by atoms with Gasteiger partial charge in [-0.05, 0) is 22.9 Å². The molecule has 0 atom stereocenters. The van der Waals surface area contributed by atoms with Crippen molar-refractivity contribution in [2.24, 2.45) is 0 Å². The van der Waals surface area contributed by atoms with Crippen LogP contribution < -0.4 is 4.90 Å². The van der Waals surface area contributed by atoms with Gasteiger partial charge in [0.25, 0.3) is 0 Å². The van der Waals surface area contributed by atoms with Crippen LogP contribution in [-0.2, 0) is 0 Å². The Morgan fingerprint density at radius 2 is 1.94 bits per heavy atom. The third-order valence-corrected chi connectivity index (χ3v) is 2.70. The molecular formula is C11H15BrF3N3. The van der Waals surface area contributed by atoms with E-state index in [4.69, 9.17) is 0 Å². The number of rotatable bonds is 4. The number of nitrogens with zero attached hydrogens (tertiary/aromatic N) is 3. The van der Waals surface area contributed by atoms with Crippen LogP contribution >= 0.6 is 15.9 Å². The maximum Gasteiger partial charge on any atom is 0.405 e. The summed E-state index contributed by atoms with van der Waals surface area (Å²) in [7, 11) is 0. The topological polar surface area (TPSA) is 29.0 Å². The van der Waals surface area contributed by atoms with Gasteiger partial charge in [0.1, 0.15) is 22.8 Å². The summed E-state index contributed by atoms with van der Waals surface area (Å²) in [5.74, 6) is 0.881. The quantitative estimate of drug-likeness (QED) is 0.789. The first-order valence-electron chi connectivity index (χ1n) is 5.59. The van der Waals surface area contributed by atoms with Crippen molar-refractivity contribution in [1.29, 1.82) is 0 Å². The molecule has 0 radical (unpaired) electrons. The molecule has 0 aliphatic rings. The summed E-state index contributed by atoms with van der Waals surface area (Å²) >= 11 is 3.20. The molecule has 0 N–H and O–H groups in total. The lowest BCUT2D eigenvalue weighted by atomic mass is 10.2. The van der Waals surface area contributed by atoms with Crippen LogP contribution in [0.2, 0.25) is 0 Å². The Hall–Kier alpha value is -0.850. The predicted octanol–water partition coefficient (Wildman–Crippen LogP) is 3.75. The smallest absolute Gasteiger partial charge is 0.348 e. The van der Waals surface area contributed by atoms with E-state index in [0.29, 0.717) is 16.2 Å². The SMILES string of the molecule is CCN(CC(F)(F)F)c1cc(Br)nc(C(C)C)n1. The molecule has 0 aromatic carbocycles. The summed E-state index contributed by atoms with van der Waals surface area (Å²) in [4.78, 5) is 9.50. The highest BCUT2D eigenvalue weighted by Gasteiger charge is 2.31. The molecule has 1 rings (SSSR count). The van der Waals surface area contributed by atoms with Crippen molar-refractivity contribution in [3.63, 3.8) is 0 Å². The highest BCUT2D eigenvalue weighted by atomic mass is 79.9. The Balaban J connectivity index is 3.05. The molecule has 0 saturated heterocycles. The fraction of sp³-hybridized carbons (Fsp3) is 0.636. The zero-order chi connectivity index (χ0) is 13.9. The van der Waals surface area contributed by atoms with Crippen LogP contribution in [0.5, 0.6) is 0 Å². The second kappa shape index (κ2) is 5.86. The number of alkyl halides is 3. The average Bonchev–Trinajstić information content (AvgIpc) is 2.23. The number of aromatic nitrogens is 2. The molecule has 0 spiro atoms. The van der Waals surface area contributed by atoms with Crippen LogP contribution in [0.3, 0.4) is 0 Å². The summed E-state index contributed by atoms with van der Waals surface area (Å²) in [5.41, 5.74) is 0. The molecule has 0 saturated carbocycles. The van der Waals surface area contributed by atoms with Gasteiger partial charge in [-0.2, -0.15) is 13.2 Å². The summed E-state index contributed by atoms with van der Waals surface area (Å²) < 4.78 is 37.8. The van der Waals surface area contributed by atoms with E-state index in [1.165, 1.54) is 11.0 Å². The maximum atomic E-state index is 12.4. The molecule has 1 heterocycles. The minimum absolute atomic E-state index is 0.0610. The van der Waals surface area contributed by atoms with Crippen LogP contribution in [0.4, 0.5) is 19.0 Å². The normalized spacial score (nSPS) is 12.0. The monoisotopic (exact) mass is 325 g/mol. The molecule has 3 nitrogen and oxygen atoms in total. The third-order valence-electron chi connectivity index (χ3n) is 2.29. The van der Waals surface area contributed by atoms with Crippen molar-refractivity contribution in [3.8, 4) is 0 Å². The Bertz CT molecular complexity index is 407. The highest BCUT2D eigenvalue weighted by molar-refractivity contribution is 9.10. The van der Waals surface area contributed by atoms with Gasteiger partial charge in [0.2, 0.25) is 0 Å². The van der Waals surface area contributed by atoms with Crippen molar-refractivity contribution in [2.75, 3.05) is 18.0 Å². The third kappa shape index (κ3) is 4.44. The van der Waals surface area contributed by atoms with E-state index in [2.05, 4.69) is 25.9 Å². The first-order chi connectivity index (χ1) is 8.23. The molecule has 102 valence electrons. The largest absolute Gasteiger partial charge is 0.405 e. The Morgan fingerprint density at radius 1 is 1.33 bits per heavy atom. The van der Waals surface area contributed by atoms with Gasteiger partial charge in [-0.1, -0.05) is 13.8 Å². The molecular weight excluding hydrogens is 311 g/mol. The summed E-state index contributed by atoms with van der Waals surface area (Å²) in [6, 6.07) is 1.50. The van der Waals surface area contributed by atoms with Gasteiger partial charge in [0, 0.05) is 18.5 Å². The minimum atomic E-state index is -4.24. The van der Waals surface area contributed by atoms with Gasteiger partial charge in [-0.15, -0.1) is 0 Å². The molecule has 18 heavy (non-hydrogen) atoms. The number of anilines is 1. The molecule has 0 aliphatic heterocycles. The lowest BCUT2D eigenvalue weighted by molar-refractivity contribution is -0.119. The number of halogens is 4. The standard InChI is InChI=1S/C11H15BrF3N3/c1-4-18(6-11(13,14)15)9-5-8(12)16-10(17-9)7(2)3/h5,7H,4,6H2,1-3H3. The van der Waals surface area contributed by atoms with Gasteiger partial charge in [-0.3, -0.25) is 0 Å². The van der Waals surface area contributed by atoms with E-state index in [1.54, 1.807) is 6.92 Å². The molecule has 0 aliphatic carbocycles. The average molecular weight is 326 g/mol. The zero-order valence-corrected chi connectivity index (χ0v) is 12.0. The van der Waals surface area contributed by atoms with Crippen LogP contribution in [0, 0.1) is 0 Å². The van der Waals surface area contributed by atoms with E-state index in [9.17, 15) is 13.2 Å². The first-order valence-corrected chi connectivity index (χ1v) is 6.38. The molecule has 1 aromatic rings. The van der Waals surface area contributed by atoms with Crippen LogP contribution in [0.1, 0.15) is 32.5 Å². The second-order valence-electron chi connectivity index (χ2n) is 4.19. The van der Waals surface area contributed by atoms with Gasteiger partial charge < -0.3 is 4.90 Å². The molecule has 7 heteroatoms. The van der Waals surface area contributed by atoms with E-state index < -0.39 is 12.7 Å². The fourth-order valence-corrected chi connectivity index (χ4v) is 1.80. The van der Waals surface area contributed by atoms with Crippen molar-refractivity contribution >= 4 is 21.7 Å². The van der Waals surface area contributed by atoms with Gasteiger partial charge in [-0.25, -0.2) is 9.97 Å². The van der Waals surface area contributed by atoms with E-state index in [1.807, 2.05) is 13.8 Å². The summed E-state index contributed by atoms with van der Waals surface area (Å²) in [6.45, 7) is 4.68. The van der Waals surface area contributed by atoms with E-state index in [-0.39, 0.29) is 12.5 Å². The summed E-state index contributed by atoms with van der Waals surface area (Å²) in [6.07, 6.45) is -4.24. The van der Waals surface area contributed by atoms with Crippen molar-refractivity contribution in [1.82, 2.24) is 9.97 Å². The Kier molecular flexibility index (Phi) is 4.95. The Labute approximate surface area is 113 Å². The summed E-state index contributed by atoms with van der Waals surface area (Å²) in [5, 5.41) is 0. The zero-order valence-electron chi connectivity index (χ0n) is 10.4. The van der Waals surface area contributed by atoms with E-state index in [0.717, 1.165) is 0 Å². The second-order valence-corrected chi connectivity index (χ2v) is 5.00. The number of hydrogen-bond acceptors (Lipinski definition) is 3. The molecule has 0 bridgehead atoms. The van der Waals surface area contributed by atoms with Crippen LogP contribution in [-0.4, -0.2) is 29.2 Å². The van der Waals surface area contributed by atoms with Gasteiger partial charge in [0.15, 0.2) is 0 Å². The van der Waals surface area contributed by atoms with Crippen molar-refractivity contribution in [3.05, 3.63) is 16.5 Å². The molecule has 1 aromatic heterocycles. The van der Waals surface area contributed by atoms with Gasteiger partial charge in [0.05, 0.1) is 0 Å². The number of hydrogen-bond donors (Lipinski definition) is 0. The fourth-order valence-electron chi connectivity index (χ4n) is 1.41. The highest BCUT2D eigenvalue weighted by Crippen LogP contribution is 2.24. The van der Waals surface area contributed by atoms with Crippen LogP contribution in [0.15, 0.2) is 10.7 Å². The minimum Gasteiger partial charge on any atom is -0.348 e. The molecule has 0 unspecified atom stereocenters. The molecule has 0 fully saturated rings. The first kappa shape index (κ1) is 15.2.